The number of carbonyl (C=O) groups excluding carboxylic acids is 1. The fraction of sp³-hybridized carbons (Fsp3) is 0.125. The van der Waals surface area contributed by atoms with Crippen molar-refractivity contribution in [3.05, 3.63) is 53.0 Å². The third-order valence-electron chi connectivity index (χ3n) is 3.23. The van der Waals surface area contributed by atoms with Crippen LogP contribution in [0.15, 0.2) is 52.4 Å². The molecule has 8 heteroatoms. The van der Waals surface area contributed by atoms with Crippen molar-refractivity contribution in [2.75, 3.05) is 12.1 Å². The van der Waals surface area contributed by atoms with Crippen molar-refractivity contribution in [2.45, 2.75) is 11.8 Å². The lowest BCUT2D eigenvalue weighted by molar-refractivity contribution is -0.112. The first-order valence-electron chi connectivity index (χ1n) is 7.15. The van der Waals surface area contributed by atoms with Crippen molar-refractivity contribution in [3.63, 3.8) is 0 Å². The molecule has 124 valence electrons. The number of anilines is 1. The SMILES string of the molecule is CCOc1ccc(NOS(=O)(=O)c2ccc3c(c2)=CC(=O)N=3)cc1. The Morgan fingerprint density at radius 2 is 1.88 bits per heavy atom. The quantitative estimate of drug-likeness (QED) is 0.776. The summed E-state index contributed by atoms with van der Waals surface area (Å²) in [5.74, 6) is 0.265. The zero-order valence-electron chi connectivity index (χ0n) is 12.7. The molecule has 1 amide bonds. The van der Waals surface area contributed by atoms with Crippen LogP contribution in [-0.2, 0) is 19.2 Å². The molecule has 0 saturated carbocycles. The highest BCUT2D eigenvalue weighted by Crippen LogP contribution is 2.17. The van der Waals surface area contributed by atoms with E-state index in [2.05, 4.69) is 10.5 Å². The molecular weight excluding hydrogens is 332 g/mol. The second kappa shape index (κ2) is 6.42. The maximum absolute atomic E-state index is 12.2. The molecule has 1 N–H and O–H groups in total. The van der Waals surface area contributed by atoms with Crippen molar-refractivity contribution in [1.29, 1.82) is 0 Å². The number of nitrogens with zero attached hydrogens (tertiary/aromatic N) is 1. The highest BCUT2D eigenvalue weighted by atomic mass is 32.2. The summed E-state index contributed by atoms with van der Waals surface area (Å²) >= 11 is 0. The van der Waals surface area contributed by atoms with Gasteiger partial charge in [-0.3, -0.25) is 4.79 Å². The van der Waals surface area contributed by atoms with Crippen LogP contribution in [0.25, 0.3) is 6.08 Å². The van der Waals surface area contributed by atoms with Crippen LogP contribution in [0.3, 0.4) is 0 Å². The van der Waals surface area contributed by atoms with Gasteiger partial charge < -0.3 is 4.74 Å². The normalized spacial score (nSPS) is 13.0. The number of rotatable bonds is 6. The summed E-state index contributed by atoms with van der Waals surface area (Å²) in [6.45, 7) is 2.42. The average molecular weight is 346 g/mol. The minimum Gasteiger partial charge on any atom is -0.494 e. The van der Waals surface area contributed by atoms with Gasteiger partial charge in [0.2, 0.25) is 0 Å². The van der Waals surface area contributed by atoms with Gasteiger partial charge in [-0.15, -0.1) is 4.28 Å². The summed E-state index contributed by atoms with van der Waals surface area (Å²) in [7, 11) is -4.03. The highest BCUT2D eigenvalue weighted by molar-refractivity contribution is 7.86. The number of ether oxygens (including phenoxy) is 1. The minimum atomic E-state index is -4.03. The highest BCUT2D eigenvalue weighted by Gasteiger charge is 2.17. The van der Waals surface area contributed by atoms with Gasteiger partial charge in [0, 0.05) is 11.3 Å². The summed E-state index contributed by atoms with van der Waals surface area (Å²) < 4.78 is 34.6. The molecule has 0 aromatic heterocycles. The van der Waals surface area contributed by atoms with Gasteiger partial charge in [-0.2, -0.15) is 8.42 Å². The lowest BCUT2D eigenvalue weighted by Crippen LogP contribution is -2.23. The topological polar surface area (TPSA) is 94.1 Å². The van der Waals surface area contributed by atoms with Crippen molar-refractivity contribution in [2.24, 2.45) is 4.99 Å². The first kappa shape index (κ1) is 16.2. The van der Waals surface area contributed by atoms with E-state index in [0.717, 1.165) is 0 Å². The first-order chi connectivity index (χ1) is 11.5. The fourth-order valence-corrected chi connectivity index (χ4v) is 2.93. The third kappa shape index (κ3) is 3.44. The van der Waals surface area contributed by atoms with E-state index in [1.165, 1.54) is 24.3 Å². The third-order valence-corrected chi connectivity index (χ3v) is 4.37. The van der Waals surface area contributed by atoms with E-state index in [9.17, 15) is 13.2 Å². The smallest absolute Gasteiger partial charge is 0.317 e. The summed E-state index contributed by atoms with van der Waals surface area (Å²) in [5, 5.41) is 0.893. The zero-order valence-corrected chi connectivity index (χ0v) is 13.5. The molecular formula is C16H14N2O5S. The molecule has 24 heavy (non-hydrogen) atoms. The summed E-state index contributed by atoms with van der Waals surface area (Å²) in [6, 6.07) is 10.8. The number of carbonyl (C=O) groups is 1. The molecule has 0 spiro atoms. The van der Waals surface area contributed by atoms with E-state index in [0.29, 0.717) is 28.6 Å². The van der Waals surface area contributed by atoms with Gasteiger partial charge in [0.05, 0.1) is 22.5 Å². The summed E-state index contributed by atoms with van der Waals surface area (Å²) in [4.78, 5) is 14.9. The molecule has 2 aromatic carbocycles. The summed E-state index contributed by atoms with van der Waals surface area (Å²) in [6.07, 6.45) is 1.27. The predicted octanol–water partition coefficient (Wildman–Crippen LogP) is 0.758. The fourth-order valence-electron chi connectivity index (χ4n) is 2.13. The lowest BCUT2D eigenvalue weighted by Gasteiger charge is -2.08. The van der Waals surface area contributed by atoms with Crippen molar-refractivity contribution >= 4 is 27.8 Å². The lowest BCUT2D eigenvalue weighted by atomic mass is 10.3. The van der Waals surface area contributed by atoms with Crippen molar-refractivity contribution in [3.8, 4) is 5.75 Å². The molecule has 7 nitrogen and oxygen atoms in total. The van der Waals surface area contributed by atoms with E-state index in [4.69, 9.17) is 9.02 Å². The van der Waals surface area contributed by atoms with Crippen LogP contribution in [-0.4, -0.2) is 20.9 Å². The zero-order chi connectivity index (χ0) is 17.2. The summed E-state index contributed by atoms with van der Waals surface area (Å²) in [5.41, 5.74) is 2.84. The Morgan fingerprint density at radius 1 is 1.12 bits per heavy atom. The molecule has 0 bridgehead atoms. The largest absolute Gasteiger partial charge is 0.494 e. The maximum atomic E-state index is 12.2. The van der Waals surface area contributed by atoms with Crippen molar-refractivity contribution < 1.29 is 22.2 Å². The van der Waals surface area contributed by atoms with Gasteiger partial charge >= 0.3 is 10.1 Å². The van der Waals surface area contributed by atoms with Crippen LogP contribution in [0.1, 0.15) is 6.92 Å². The van der Waals surface area contributed by atoms with Gasteiger partial charge in [0.25, 0.3) is 5.91 Å². The Bertz CT molecular complexity index is 998. The average Bonchev–Trinajstić information content (AvgIpc) is 2.94. The predicted molar refractivity (Wildman–Crippen MR) is 86.2 cm³/mol. The Balaban J connectivity index is 1.75. The number of hydrogen-bond donors (Lipinski definition) is 1. The van der Waals surface area contributed by atoms with E-state index < -0.39 is 16.0 Å². The maximum Gasteiger partial charge on any atom is 0.317 e. The Hall–Kier alpha value is -2.71. The van der Waals surface area contributed by atoms with Crippen LogP contribution < -0.4 is 20.8 Å². The van der Waals surface area contributed by atoms with Crippen LogP contribution in [0, 0.1) is 0 Å². The molecule has 0 atom stereocenters. The molecule has 2 aromatic rings. The second-order valence-corrected chi connectivity index (χ2v) is 6.46. The molecule has 1 aliphatic heterocycles. The van der Waals surface area contributed by atoms with E-state index in [-0.39, 0.29) is 4.90 Å². The Morgan fingerprint density at radius 3 is 2.58 bits per heavy atom. The monoisotopic (exact) mass is 346 g/mol. The number of hydrogen-bond acceptors (Lipinski definition) is 6. The van der Waals surface area contributed by atoms with Gasteiger partial charge in [-0.25, -0.2) is 10.5 Å². The molecule has 0 radical (unpaired) electrons. The van der Waals surface area contributed by atoms with E-state index in [1.807, 2.05) is 6.92 Å². The second-order valence-electron chi connectivity index (χ2n) is 4.91. The van der Waals surface area contributed by atoms with E-state index >= 15 is 0 Å². The Kier molecular flexibility index (Phi) is 4.32. The van der Waals surface area contributed by atoms with Gasteiger partial charge in [-0.05, 0) is 49.4 Å². The van der Waals surface area contributed by atoms with Crippen LogP contribution in [0.4, 0.5) is 5.69 Å². The number of nitrogens with one attached hydrogen (secondary N) is 1. The first-order valence-corrected chi connectivity index (χ1v) is 8.55. The molecule has 1 aliphatic rings. The molecule has 0 fully saturated rings. The van der Waals surface area contributed by atoms with Crippen LogP contribution in [0.2, 0.25) is 0 Å². The van der Waals surface area contributed by atoms with Crippen molar-refractivity contribution in [1.82, 2.24) is 0 Å². The van der Waals surface area contributed by atoms with Gasteiger partial charge in [0.1, 0.15) is 5.75 Å². The van der Waals surface area contributed by atoms with Crippen LogP contribution >= 0.6 is 0 Å². The number of amides is 1. The van der Waals surface area contributed by atoms with E-state index in [1.54, 1.807) is 24.3 Å². The molecule has 3 rings (SSSR count). The van der Waals surface area contributed by atoms with Crippen LogP contribution in [0.5, 0.6) is 5.75 Å². The molecule has 0 unspecified atom stereocenters. The van der Waals surface area contributed by atoms with Gasteiger partial charge in [-0.1, -0.05) is 0 Å². The standard InChI is InChI=1S/C16H14N2O5S/c1-2-22-13-5-3-12(4-6-13)18-23-24(20,21)14-7-8-15-11(9-14)10-16(19)17-15/h3-10,18H,2H2,1H3. The molecule has 0 aliphatic carbocycles. The number of fused-ring (bicyclic) bond motifs is 1. The number of benzene rings is 2. The molecule has 1 heterocycles. The molecule has 0 saturated heterocycles. The Labute approximate surface area is 138 Å². The van der Waals surface area contributed by atoms with Gasteiger partial charge in [0.15, 0.2) is 0 Å². The minimum absolute atomic E-state index is 0.0687.